The van der Waals surface area contributed by atoms with Crippen LogP contribution in [0.1, 0.15) is 36.7 Å². The molecule has 176 valence electrons. The molecule has 0 spiro atoms. The summed E-state index contributed by atoms with van der Waals surface area (Å²) in [7, 11) is 0. The molecule has 0 saturated carbocycles. The summed E-state index contributed by atoms with van der Waals surface area (Å²) < 4.78 is 10.9. The van der Waals surface area contributed by atoms with Gasteiger partial charge >= 0.3 is 12.1 Å². The number of rotatable bonds is 5. The van der Waals surface area contributed by atoms with Gasteiger partial charge in [-0.15, -0.1) is 0 Å². The first-order chi connectivity index (χ1) is 15.8. The van der Waals surface area contributed by atoms with Crippen LogP contribution in [-0.4, -0.2) is 72.8 Å². The van der Waals surface area contributed by atoms with Gasteiger partial charge in [0.1, 0.15) is 12.2 Å². The summed E-state index contributed by atoms with van der Waals surface area (Å²) in [6, 6.07) is 17.7. The Hall–Kier alpha value is -3.06. The zero-order valence-corrected chi connectivity index (χ0v) is 19.7. The normalized spacial score (nSPS) is 17.4. The Morgan fingerprint density at radius 2 is 1.55 bits per heavy atom. The first kappa shape index (κ1) is 23.1. The summed E-state index contributed by atoms with van der Waals surface area (Å²) in [5.41, 5.74) is 2.19. The highest BCUT2D eigenvalue weighted by atomic mass is 16.6. The monoisotopic (exact) mass is 451 g/mol. The number of carbonyl (C=O) groups excluding carboxylic acids is 2. The first-order valence-corrected chi connectivity index (χ1v) is 11.6. The number of amides is 1. The number of anilines is 1. The lowest BCUT2D eigenvalue weighted by molar-refractivity contribution is -0.0162. The van der Waals surface area contributed by atoms with Gasteiger partial charge in [-0.3, -0.25) is 4.90 Å². The van der Waals surface area contributed by atoms with Crippen molar-refractivity contribution in [2.75, 3.05) is 44.2 Å². The highest BCUT2D eigenvalue weighted by Crippen LogP contribution is 2.23. The molecule has 2 heterocycles. The van der Waals surface area contributed by atoms with Gasteiger partial charge in [0.2, 0.25) is 0 Å². The SMILES string of the molecule is CC(C)(C)OC(=O)N1CC(N2CCN(c3ccc(C(=O)OCc4ccccc4)cc3)CC2)C1. The summed E-state index contributed by atoms with van der Waals surface area (Å²) in [4.78, 5) is 31.0. The van der Waals surface area contributed by atoms with E-state index in [0.29, 0.717) is 11.6 Å². The minimum Gasteiger partial charge on any atom is -0.457 e. The van der Waals surface area contributed by atoms with Gasteiger partial charge in [0.25, 0.3) is 0 Å². The molecule has 1 amide bonds. The molecular weight excluding hydrogens is 418 g/mol. The van der Waals surface area contributed by atoms with Gasteiger partial charge in [-0.1, -0.05) is 30.3 Å². The number of nitrogens with zero attached hydrogens (tertiary/aromatic N) is 3. The van der Waals surface area contributed by atoms with Crippen LogP contribution < -0.4 is 4.90 Å². The Morgan fingerprint density at radius 1 is 0.909 bits per heavy atom. The van der Waals surface area contributed by atoms with Crippen LogP contribution in [0.3, 0.4) is 0 Å². The van der Waals surface area contributed by atoms with Gasteiger partial charge in [-0.2, -0.15) is 0 Å². The third-order valence-electron chi connectivity index (χ3n) is 6.03. The standard InChI is InChI=1S/C26H33N3O4/c1-26(2,3)33-25(31)29-17-23(18-29)28-15-13-27(14-16-28)22-11-9-21(10-12-22)24(30)32-19-20-7-5-4-6-8-20/h4-12,23H,13-19H2,1-3H3. The predicted molar refractivity (Wildman–Crippen MR) is 127 cm³/mol. The second kappa shape index (κ2) is 9.83. The molecule has 2 aromatic rings. The number of piperazine rings is 1. The predicted octanol–water partition coefficient (Wildman–Crippen LogP) is 3.78. The fourth-order valence-electron chi connectivity index (χ4n) is 4.12. The van der Waals surface area contributed by atoms with Gasteiger partial charge in [-0.25, -0.2) is 9.59 Å². The molecule has 0 bridgehead atoms. The second-order valence-corrected chi connectivity index (χ2v) is 9.67. The Kier molecular flexibility index (Phi) is 6.88. The van der Waals surface area contributed by atoms with E-state index < -0.39 is 5.60 Å². The topological polar surface area (TPSA) is 62.3 Å². The number of benzene rings is 2. The number of hydrogen-bond donors (Lipinski definition) is 0. The van der Waals surface area contributed by atoms with Crippen LogP contribution in [0.25, 0.3) is 0 Å². The van der Waals surface area contributed by atoms with Crippen molar-refractivity contribution < 1.29 is 19.1 Å². The van der Waals surface area contributed by atoms with E-state index in [2.05, 4.69) is 9.80 Å². The minimum absolute atomic E-state index is 0.222. The maximum absolute atomic E-state index is 12.3. The molecule has 0 aliphatic carbocycles. The van der Waals surface area contributed by atoms with Gasteiger partial charge in [0, 0.05) is 51.0 Å². The van der Waals surface area contributed by atoms with Gasteiger partial charge < -0.3 is 19.3 Å². The van der Waals surface area contributed by atoms with Crippen molar-refractivity contribution in [2.24, 2.45) is 0 Å². The molecule has 2 aromatic carbocycles. The number of esters is 1. The van der Waals surface area contributed by atoms with Crippen LogP contribution in [0.5, 0.6) is 0 Å². The molecule has 7 nitrogen and oxygen atoms in total. The summed E-state index contributed by atoms with van der Waals surface area (Å²) in [5, 5.41) is 0. The maximum Gasteiger partial charge on any atom is 0.410 e. The van der Waals surface area contributed by atoms with Crippen molar-refractivity contribution in [1.82, 2.24) is 9.80 Å². The lowest BCUT2D eigenvalue weighted by atomic mass is 10.1. The molecule has 2 aliphatic rings. The largest absolute Gasteiger partial charge is 0.457 e. The van der Waals surface area contributed by atoms with Crippen LogP contribution in [0.4, 0.5) is 10.5 Å². The van der Waals surface area contributed by atoms with Crippen molar-refractivity contribution in [3.05, 3.63) is 65.7 Å². The zero-order valence-electron chi connectivity index (χ0n) is 19.7. The van der Waals surface area contributed by atoms with Crippen LogP contribution in [0, 0.1) is 0 Å². The molecular formula is C26H33N3O4. The van der Waals surface area contributed by atoms with Crippen molar-refractivity contribution in [3.63, 3.8) is 0 Å². The minimum atomic E-state index is -0.456. The zero-order chi connectivity index (χ0) is 23.4. The molecule has 33 heavy (non-hydrogen) atoms. The number of ether oxygens (including phenoxy) is 2. The third kappa shape index (κ3) is 6.05. The number of carbonyl (C=O) groups is 2. The molecule has 2 fully saturated rings. The molecule has 7 heteroatoms. The lowest BCUT2D eigenvalue weighted by Gasteiger charge is -2.48. The van der Waals surface area contributed by atoms with E-state index in [1.807, 2.05) is 75.4 Å². The first-order valence-electron chi connectivity index (χ1n) is 11.6. The van der Waals surface area contributed by atoms with E-state index >= 15 is 0 Å². The average molecular weight is 452 g/mol. The highest BCUT2D eigenvalue weighted by Gasteiger charge is 2.38. The molecule has 4 rings (SSSR count). The van der Waals surface area contributed by atoms with Crippen LogP contribution in [0.2, 0.25) is 0 Å². The Bertz CT molecular complexity index is 942. The van der Waals surface area contributed by atoms with Crippen LogP contribution in [-0.2, 0) is 16.1 Å². The van der Waals surface area contributed by atoms with Crippen LogP contribution >= 0.6 is 0 Å². The van der Waals surface area contributed by atoms with E-state index in [-0.39, 0.29) is 18.7 Å². The molecule has 2 aliphatic heterocycles. The van der Waals surface area contributed by atoms with Crippen molar-refractivity contribution in [3.8, 4) is 0 Å². The van der Waals surface area contributed by atoms with E-state index in [0.717, 1.165) is 50.5 Å². The Balaban J connectivity index is 1.21. The number of likely N-dealkylation sites (tertiary alicyclic amines) is 1. The van der Waals surface area contributed by atoms with Crippen molar-refractivity contribution >= 4 is 17.7 Å². The quantitative estimate of drug-likeness (QED) is 0.645. The molecule has 0 aromatic heterocycles. The molecule has 0 N–H and O–H groups in total. The van der Waals surface area contributed by atoms with E-state index in [1.165, 1.54) is 0 Å². The fourth-order valence-corrected chi connectivity index (χ4v) is 4.12. The van der Waals surface area contributed by atoms with Crippen molar-refractivity contribution in [1.29, 1.82) is 0 Å². The fraction of sp³-hybridized carbons (Fsp3) is 0.462. The average Bonchev–Trinajstić information content (AvgIpc) is 2.76. The van der Waals surface area contributed by atoms with Gasteiger partial charge in [0.05, 0.1) is 5.56 Å². The summed E-state index contributed by atoms with van der Waals surface area (Å²) >= 11 is 0. The van der Waals surface area contributed by atoms with E-state index in [9.17, 15) is 9.59 Å². The lowest BCUT2D eigenvalue weighted by Crippen LogP contribution is -2.64. The van der Waals surface area contributed by atoms with Gasteiger partial charge in [-0.05, 0) is 50.6 Å². The van der Waals surface area contributed by atoms with E-state index in [1.54, 1.807) is 4.90 Å². The molecule has 0 atom stereocenters. The Morgan fingerprint density at radius 3 is 2.15 bits per heavy atom. The molecule has 0 unspecified atom stereocenters. The number of hydrogen-bond acceptors (Lipinski definition) is 6. The maximum atomic E-state index is 12.3. The summed E-state index contributed by atoms with van der Waals surface area (Å²) in [6.45, 7) is 11.1. The van der Waals surface area contributed by atoms with Crippen LogP contribution in [0.15, 0.2) is 54.6 Å². The molecule has 2 saturated heterocycles. The van der Waals surface area contributed by atoms with Gasteiger partial charge in [0.15, 0.2) is 0 Å². The molecule has 0 radical (unpaired) electrons. The Labute approximate surface area is 195 Å². The smallest absolute Gasteiger partial charge is 0.410 e. The highest BCUT2D eigenvalue weighted by molar-refractivity contribution is 5.89. The van der Waals surface area contributed by atoms with E-state index in [4.69, 9.17) is 9.47 Å². The summed E-state index contributed by atoms with van der Waals surface area (Å²) in [6.07, 6.45) is -0.222. The van der Waals surface area contributed by atoms with Crippen molar-refractivity contribution in [2.45, 2.75) is 39.0 Å². The second-order valence-electron chi connectivity index (χ2n) is 9.67. The third-order valence-corrected chi connectivity index (χ3v) is 6.03. The summed E-state index contributed by atoms with van der Waals surface area (Å²) in [5.74, 6) is -0.310.